The first-order chi connectivity index (χ1) is 10.3. The first-order valence-electron chi connectivity index (χ1n) is 6.45. The highest BCUT2D eigenvalue weighted by molar-refractivity contribution is 8.03. The molecule has 0 saturated heterocycles. The zero-order chi connectivity index (χ0) is 16.3. The first kappa shape index (κ1) is 16.3. The highest BCUT2D eigenvalue weighted by Gasteiger charge is 2.33. The zero-order valence-electron chi connectivity index (χ0n) is 11.8. The second-order valence-electron chi connectivity index (χ2n) is 4.70. The Morgan fingerprint density at radius 3 is 2.18 bits per heavy atom. The molecule has 6 heteroatoms. The molecule has 0 aromatic heterocycles. The van der Waals surface area contributed by atoms with Crippen molar-refractivity contribution < 1.29 is 13.2 Å². The Balaban J connectivity index is 2.37. The molecule has 0 heterocycles. The Morgan fingerprint density at radius 1 is 1.00 bits per heavy atom. The molecule has 0 aliphatic carbocycles. The topological polar surface area (TPSA) is 52.0 Å². The molecule has 0 unspecified atom stereocenters. The molecule has 0 aliphatic heterocycles. The van der Waals surface area contributed by atoms with Gasteiger partial charge in [-0.2, -0.15) is 13.2 Å². The van der Waals surface area contributed by atoms with Crippen LogP contribution in [0.4, 0.5) is 18.9 Å². The fraction of sp³-hybridized carbons (Fsp3) is 0.125. The van der Waals surface area contributed by atoms with E-state index in [0.717, 1.165) is 11.0 Å². The Bertz CT molecular complexity index is 691. The molecule has 0 saturated carbocycles. The van der Waals surface area contributed by atoms with Gasteiger partial charge < -0.3 is 11.5 Å². The van der Waals surface area contributed by atoms with Crippen molar-refractivity contribution in [3.63, 3.8) is 0 Å². The van der Waals surface area contributed by atoms with Crippen LogP contribution in [-0.2, 0) is 6.18 Å². The van der Waals surface area contributed by atoms with E-state index >= 15 is 0 Å². The maximum absolute atomic E-state index is 13.1. The number of allylic oxidation sites excluding steroid dienone is 1. The van der Waals surface area contributed by atoms with Crippen molar-refractivity contribution in [3.8, 4) is 0 Å². The van der Waals surface area contributed by atoms with E-state index in [2.05, 4.69) is 0 Å². The highest BCUT2D eigenvalue weighted by atomic mass is 32.2. The van der Waals surface area contributed by atoms with E-state index < -0.39 is 11.7 Å². The SMILES string of the molecule is C/C(=C(\N)Sc1ccc(N)cc1)c1ccccc1C(F)(F)F. The largest absolute Gasteiger partial charge is 0.416 e. The zero-order valence-corrected chi connectivity index (χ0v) is 12.6. The van der Waals surface area contributed by atoms with Gasteiger partial charge in [0, 0.05) is 10.6 Å². The summed E-state index contributed by atoms with van der Waals surface area (Å²) >= 11 is 1.21. The molecule has 4 N–H and O–H groups in total. The number of hydrogen-bond donors (Lipinski definition) is 2. The van der Waals surface area contributed by atoms with Crippen LogP contribution in [-0.4, -0.2) is 0 Å². The molecule has 2 aromatic carbocycles. The fourth-order valence-electron chi connectivity index (χ4n) is 1.93. The maximum Gasteiger partial charge on any atom is 0.416 e. The van der Waals surface area contributed by atoms with Gasteiger partial charge in [0.15, 0.2) is 0 Å². The van der Waals surface area contributed by atoms with Crippen LogP contribution in [0.25, 0.3) is 5.57 Å². The maximum atomic E-state index is 13.1. The van der Waals surface area contributed by atoms with Crippen molar-refractivity contribution in [1.82, 2.24) is 0 Å². The van der Waals surface area contributed by atoms with Crippen LogP contribution in [0, 0.1) is 0 Å². The second kappa shape index (κ2) is 6.36. The summed E-state index contributed by atoms with van der Waals surface area (Å²) < 4.78 is 39.2. The lowest BCUT2D eigenvalue weighted by molar-refractivity contribution is -0.137. The van der Waals surface area contributed by atoms with Crippen LogP contribution >= 0.6 is 11.8 Å². The molecule has 0 amide bonds. The van der Waals surface area contributed by atoms with Gasteiger partial charge in [-0.15, -0.1) is 0 Å². The predicted molar refractivity (Wildman–Crippen MR) is 84.9 cm³/mol. The number of alkyl halides is 3. The Labute approximate surface area is 131 Å². The summed E-state index contributed by atoms with van der Waals surface area (Å²) in [6.45, 7) is 1.59. The van der Waals surface area contributed by atoms with Crippen molar-refractivity contribution >= 4 is 23.0 Å². The molecule has 116 valence electrons. The van der Waals surface area contributed by atoms with E-state index in [-0.39, 0.29) is 5.56 Å². The van der Waals surface area contributed by atoms with E-state index in [1.807, 2.05) is 0 Å². The molecule has 0 aliphatic rings. The molecular formula is C16H15F3N2S. The quantitative estimate of drug-likeness (QED) is 0.634. The summed E-state index contributed by atoms with van der Waals surface area (Å²) in [7, 11) is 0. The number of thioether (sulfide) groups is 1. The highest BCUT2D eigenvalue weighted by Crippen LogP contribution is 2.37. The minimum absolute atomic E-state index is 0.0930. The molecule has 0 radical (unpaired) electrons. The average Bonchev–Trinajstić information content (AvgIpc) is 2.48. The number of rotatable bonds is 3. The van der Waals surface area contributed by atoms with Gasteiger partial charge in [-0.1, -0.05) is 30.0 Å². The third-order valence-electron chi connectivity index (χ3n) is 3.11. The van der Waals surface area contributed by atoms with Gasteiger partial charge in [-0.25, -0.2) is 0 Å². The normalized spacial score (nSPS) is 12.9. The van der Waals surface area contributed by atoms with E-state index in [1.54, 1.807) is 37.3 Å². The molecule has 0 atom stereocenters. The molecule has 0 spiro atoms. The molecule has 0 bridgehead atoms. The number of halogens is 3. The summed E-state index contributed by atoms with van der Waals surface area (Å²) in [5, 5.41) is 0.321. The first-order valence-corrected chi connectivity index (χ1v) is 7.27. The Hall–Kier alpha value is -2.08. The Morgan fingerprint density at radius 2 is 1.59 bits per heavy atom. The lowest BCUT2D eigenvalue weighted by atomic mass is 10.0. The number of anilines is 1. The van der Waals surface area contributed by atoms with Gasteiger partial charge in [0.25, 0.3) is 0 Å². The molecule has 2 rings (SSSR count). The summed E-state index contributed by atoms with van der Waals surface area (Å²) in [5.74, 6) is 0. The molecular weight excluding hydrogens is 309 g/mol. The lowest BCUT2D eigenvalue weighted by Crippen LogP contribution is -2.09. The van der Waals surface area contributed by atoms with Crippen LogP contribution in [0.3, 0.4) is 0 Å². The number of nitrogens with two attached hydrogens (primary N) is 2. The van der Waals surface area contributed by atoms with Crippen LogP contribution < -0.4 is 11.5 Å². The van der Waals surface area contributed by atoms with Crippen LogP contribution in [0.15, 0.2) is 58.5 Å². The second-order valence-corrected chi connectivity index (χ2v) is 5.82. The molecule has 0 fully saturated rings. The van der Waals surface area contributed by atoms with Gasteiger partial charge in [0.2, 0.25) is 0 Å². The molecule has 2 nitrogen and oxygen atoms in total. The van der Waals surface area contributed by atoms with Crippen molar-refractivity contribution in [3.05, 3.63) is 64.7 Å². The van der Waals surface area contributed by atoms with Crippen LogP contribution in [0.5, 0.6) is 0 Å². The van der Waals surface area contributed by atoms with E-state index in [0.29, 0.717) is 16.3 Å². The number of nitrogen functional groups attached to an aromatic ring is 1. The van der Waals surface area contributed by atoms with Crippen molar-refractivity contribution in [2.75, 3.05) is 5.73 Å². The molecule has 22 heavy (non-hydrogen) atoms. The van der Waals surface area contributed by atoms with Gasteiger partial charge in [-0.3, -0.25) is 0 Å². The monoisotopic (exact) mass is 324 g/mol. The van der Waals surface area contributed by atoms with Crippen LogP contribution in [0.2, 0.25) is 0 Å². The van der Waals surface area contributed by atoms with E-state index in [1.165, 1.54) is 23.9 Å². The van der Waals surface area contributed by atoms with Gasteiger partial charge in [-0.05, 0) is 48.4 Å². The number of benzene rings is 2. The van der Waals surface area contributed by atoms with E-state index in [9.17, 15) is 13.2 Å². The minimum Gasteiger partial charge on any atom is -0.399 e. The summed E-state index contributed by atoms with van der Waals surface area (Å²) in [4.78, 5) is 0.815. The Kier molecular flexibility index (Phi) is 4.71. The standard InChI is InChI=1S/C16H15F3N2S/c1-10(13-4-2-3-5-14(13)16(17,18)19)15(21)22-12-8-6-11(20)7-9-12/h2-9H,20-21H2,1H3/b15-10-. The number of hydrogen-bond acceptors (Lipinski definition) is 3. The van der Waals surface area contributed by atoms with Crippen LogP contribution in [0.1, 0.15) is 18.1 Å². The summed E-state index contributed by atoms with van der Waals surface area (Å²) in [5.41, 5.74) is 12.0. The lowest BCUT2D eigenvalue weighted by Gasteiger charge is -2.15. The van der Waals surface area contributed by atoms with E-state index in [4.69, 9.17) is 11.5 Å². The molecule has 2 aromatic rings. The fourth-order valence-corrected chi connectivity index (χ4v) is 2.72. The third kappa shape index (κ3) is 3.76. The van der Waals surface area contributed by atoms with Crippen molar-refractivity contribution in [1.29, 1.82) is 0 Å². The van der Waals surface area contributed by atoms with Gasteiger partial charge in [0.1, 0.15) is 0 Å². The van der Waals surface area contributed by atoms with Crippen molar-refractivity contribution in [2.45, 2.75) is 18.0 Å². The smallest absolute Gasteiger partial charge is 0.399 e. The van der Waals surface area contributed by atoms with Crippen molar-refractivity contribution in [2.24, 2.45) is 5.73 Å². The minimum atomic E-state index is -4.41. The summed E-state index contributed by atoms with van der Waals surface area (Å²) in [6, 6.07) is 12.4. The predicted octanol–water partition coefficient (Wildman–Crippen LogP) is 4.73. The van der Waals surface area contributed by atoms with Gasteiger partial charge in [0.05, 0.1) is 10.6 Å². The third-order valence-corrected chi connectivity index (χ3v) is 4.15. The summed E-state index contributed by atoms with van der Waals surface area (Å²) in [6.07, 6.45) is -4.41. The van der Waals surface area contributed by atoms with Gasteiger partial charge >= 0.3 is 6.18 Å². The average molecular weight is 324 g/mol.